The van der Waals surface area contributed by atoms with Crippen molar-refractivity contribution in [3.05, 3.63) is 59.7 Å². The number of hydrogen-bond acceptors (Lipinski definition) is 14. The van der Waals surface area contributed by atoms with Crippen LogP contribution in [0.15, 0.2) is 48.5 Å². The SMILES string of the molecule is C[C@@H](O)C1NC(=O)C(NC(=O)c2ccc(N3CCNCC3)cc2)CCCNC(=O)C2CC(N)CN2C(=O)[C@@](C)(O)NC(=O)C(CCc2ccc(O)cc2)NC(=O)C2C[C@@H](O)CN2C1=O. The van der Waals surface area contributed by atoms with Crippen LogP contribution in [-0.2, 0) is 35.2 Å². The van der Waals surface area contributed by atoms with E-state index in [1.807, 2.05) is 0 Å². The predicted octanol–water partition coefficient (Wildman–Crippen LogP) is -3.49. The second kappa shape index (κ2) is 20.8. The van der Waals surface area contributed by atoms with Crippen LogP contribution in [0.3, 0.4) is 0 Å². The van der Waals surface area contributed by atoms with Gasteiger partial charge in [0.05, 0.1) is 12.2 Å². The quantitative estimate of drug-likeness (QED) is 0.129. The predicted molar refractivity (Wildman–Crippen MR) is 230 cm³/mol. The number of carbonyl (C=O) groups excluding carboxylic acids is 7. The summed E-state index contributed by atoms with van der Waals surface area (Å²) in [5, 5.41) is 59.1. The molecule has 4 fully saturated rings. The summed E-state index contributed by atoms with van der Waals surface area (Å²) < 4.78 is 0. The molecule has 9 atom stereocenters. The Hall–Kier alpha value is -5.87. The largest absolute Gasteiger partial charge is 0.508 e. The van der Waals surface area contributed by atoms with E-state index in [1.54, 1.807) is 36.4 Å². The molecule has 0 saturated carbocycles. The van der Waals surface area contributed by atoms with Crippen molar-refractivity contribution >= 4 is 47.0 Å². The van der Waals surface area contributed by atoms with Crippen LogP contribution in [0, 0.1) is 0 Å². The summed E-state index contributed by atoms with van der Waals surface area (Å²) >= 11 is 0. The van der Waals surface area contributed by atoms with Crippen LogP contribution in [0.2, 0.25) is 0 Å². The number of aliphatic hydroxyl groups excluding tert-OH is 2. The normalized spacial score (nSPS) is 29.7. The lowest BCUT2D eigenvalue weighted by Gasteiger charge is -2.33. The van der Waals surface area contributed by atoms with Gasteiger partial charge in [0.25, 0.3) is 11.8 Å². The molecule has 12 N–H and O–H groups in total. The fraction of sp³-hybridized carbons (Fsp3) is 0.558. The topological polar surface area (TPSA) is 308 Å². The first-order valence-electron chi connectivity index (χ1n) is 21.7. The number of fused-ring (bicyclic) bond motifs is 2. The van der Waals surface area contributed by atoms with Gasteiger partial charge < -0.3 is 72.8 Å². The minimum atomic E-state index is -2.60. The van der Waals surface area contributed by atoms with Gasteiger partial charge in [-0.1, -0.05) is 12.1 Å². The summed E-state index contributed by atoms with van der Waals surface area (Å²) in [6.07, 6.45) is -2.89. The Bertz CT molecular complexity index is 2030. The molecular formula is C43H60N10O11. The third-order valence-electron chi connectivity index (χ3n) is 12.1. The van der Waals surface area contributed by atoms with Crippen molar-refractivity contribution in [2.45, 2.75) is 107 Å². The maximum atomic E-state index is 14.2. The molecule has 0 radical (unpaired) electrons. The van der Waals surface area contributed by atoms with Crippen molar-refractivity contribution in [3.63, 3.8) is 0 Å². The van der Waals surface area contributed by atoms with Crippen molar-refractivity contribution in [2.75, 3.05) is 50.7 Å². The molecule has 0 spiro atoms. The Morgan fingerprint density at radius 3 is 2.22 bits per heavy atom. The van der Waals surface area contributed by atoms with E-state index in [9.17, 15) is 54.0 Å². The number of rotatable bonds is 7. The number of nitrogens with zero attached hydrogens (tertiary/aromatic N) is 3. The van der Waals surface area contributed by atoms with Gasteiger partial charge in [0.1, 0.15) is 36.0 Å². The van der Waals surface area contributed by atoms with Crippen LogP contribution >= 0.6 is 0 Å². The van der Waals surface area contributed by atoms with E-state index >= 15 is 0 Å². The average molecular weight is 893 g/mol. The van der Waals surface area contributed by atoms with Crippen LogP contribution in [0.5, 0.6) is 5.75 Å². The molecule has 0 aromatic heterocycles. The fourth-order valence-electron chi connectivity index (χ4n) is 8.53. The zero-order chi connectivity index (χ0) is 46.3. The van der Waals surface area contributed by atoms with Gasteiger partial charge in [-0.05, 0) is 87.9 Å². The van der Waals surface area contributed by atoms with E-state index in [0.717, 1.165) is 48.6 Å². The first-order valence-corrected chi connectivity index (χ1v) is 21.7. The molecule has 4 heterocycles. The number of nitrogens with two attached hydrogens (primary N) is 1. The van der Waals surface area contributed by atoms with Crippen LogP contribution in [0.4, 0.5) is 5.69 Å². The molecule has 2 aromatic rings. The van der Waals surface area contributed by atoms with Gasteiger partial charge in [0, 0.05) is 69.5 Å². The molecule has 348 valence electrons. The number of aromatic hydroxyl groups is 1. The lowest BCUT2D eigenvalue weighted by Crippen LogP contribution is -2.64. The molecule has 4 aliphatic rings. The first kappa shape index (κ1) is 47.6. The third kappa shape index (κ3) is 11.6. The van der Waals surface area contributed by atoms with E-state index in [-0.39, 0.29) is 69.5 Å². The number of nitrogens with one attached hydrogen (secondary N) is 6. The highest BCUT2D eigenvalue weighted by molar-refractivity contribution is 6.00. The highest BCUT2D eigenvalue weighted by atomic mass is 16.3. The van der Waals surface area contributed by atoms with E-state index in [2.05, 4.69) is 36.8 Å². The van der Waals surface area contributed by atoms with Gasteiger partial charge in [-0.2, -0.15) is 0 Å². The lowest BCUT2D eigenvalue weighted by atomic mass is 10.0. The van der Waals surface area contributed by atoms with Crippen molar-refractivity contribution in [1.82, 2.24) is 41.7 Å². The highest BCUT2D eigenvalue weighted by Gasteiger charge is 2.47. The average Bonchev–Trinajstić information content (AvgIpc) is 3.87. The van der Waals surface area contributed by atoms with E-state index in [4.69, 9.17) is 5.73 Å². The van der Waals surface area contributed by atoms with E-state index in [1.165, 1.54) is 19.1 Å². The maximum absolute atomic E-state index is 14.2. The number of hydrogen-bond donors (Lipinski definition) is 11. The zero-order valence-electron chi connectivity index (χ0n) is 36.0. The molecular weight excluding hydrogens is 833 g/mol. The Morgan fingerprint density at radius 1 is 0.875 bits per heavy atom. The molecule has 7 amide bonds. The summed E-state index contributed by atoms with van der Waals surface area (Å²) in [7, 11) is 0. The lowest BCUT2D eigenvalue weighted by molar-refractivity contribution is -0.160. The Labute approximate surface area is 370 Å². The summed E-state index contributed by atoms with van der Waals surface area (Å²) in [6, 6.07) is 5.33. The van der Waals surface area contributed by atoms with Crippen molar-refractivity contribution in [1.29, 1.82) is 0 Å². The molecule has 21 nitrogen and oxygen atoms in total. The Balaban J connectivity index is 1.29. The third-order valence-corrected chi connectivity index (χ3v) is 12.1. The molecule has 21 heteroatoms. The molecule has 2 aromatic carbocycles. The summed E-state index contributed by atoms with van der Waals surface area (Å²) in [4.78, 5) is 102. The molecule has 6 rings (SSSR count). The number of benzene rings is 2. The number of amides is 7. The second-order valence-corrected chi connectivity index (χ2v) is 17.2. The standard InChI is InChI=1S/C43H60N10O11/c1-24(54)35-41(62)52-23-30(56)21-34(52)40(61)48-32(14-7-25-5-12-29(55)13-6-25)38(59)50-43(2,64)42(63)53-22-27(44)20-33(53)39(60)46-15-3-4-31(37(58)49-35)47-36(57)26-8-10-28(11-9-26)51-18-16-45-17-19-51/h5-6,8-13,24,27,30-35,45,54-56,64H,3-4,7,14-23,44H2,1-2H3,(H,46,60)(H,47,57)(H,48,61)(H,49,58)(H,50,59)/t24-,27?,30-,31?,32?,33?,34?,35?,43-/m1/s1. The monoisotopic (exact) mass is 892 g/mol. The van der Waals surface area contributed by atoms with Gasteiger partial charge >= 0.3 is 0 Å². The van der Waals surface area contributed by atoms with Gasteiger partial charge in [-0.25, -0.2) is 0 Å². The summed E-state index contributed by atoms with van der Waals surface area (Å²) in [6.45, 7) is 4.95. The minimum Gasteiger partial charge on any atom is -0.508 e. The molecule has 4 aliphatic heterocycles. The number of aryl methyl sites for hydroxylation is 1. The second-order valence-electron chi connectivity index (χ2n) is 17.2. The van der Waals surface area contributed by atoms with Crippen LogP contribution in [0.1, 0.15) is 61.9 Å². The smallest absolute Gasteiger partial charge is 0.276 e. The highest BCUT2D eigenvalue weighted by Crippen LogP contribution is 2.24. The maximum Gasteiger partial charge on any atom is 0.276 e. The Kier molecular flexibility index (Phi) is 15.4. The van der Waals surface area contributed by atoms with E-state index < -0.39 is 95.5 Å². The number of carbonyl (C=O) groups is 7. The van der Waals surface area contributed by atoms with Gasteiger partial charge in [-0.15, -0.1) is 0 Å². The van der Waals surface area contributed by atoms with E-state index in [0.29, 0.717) is 5.56 Å². The number of phenolic OH excluding ortho intramolecular Hbond substituents is 1. The van der Waals surface area contributed by atoms with Crippen LogP contribution < -0.4 is 42.5 Å². The van der Waals surface area contributed by atoms with Crippen LogP contribution in [0.25, 0.3) is 0 Å². The summed E-state index contributed by atoms with van der Waals surface area (Å²) in [5.41, 5.74) is 5.42. The van der Waals surface area contributed by atoms with Gasteiger partial charge in [0.15, 0.2) is 0 Å². The molecule has 0 bridgehead atoms. The Morgan fingerprint density at radius 2 is 1.55 bits per heavy atom. The van der Waals surface area contributed by atoms with Crippen molar-refractivity contribution in [2.24, 2.45) is 5.73 Å². The number of phenols is 1. The number of piperazine rings is 1. The zero-order valence-corrected chi connectivity index (χ0v) is 36.0. The first-order chi connectivity index (χ1) is 30.4. The molecule has 0 aliphatic carbocycles. The number of aliphatic hydroxyl groups is 3. The van der Waals surface area contributed by atoms with Crippen molar-refractivity contribution < 1.29 is 54.0 Å². The van der Waals surface area contributed by atoms with Gasteiger partial charge in [-0.3, -0.25) is 33.6 Å². The molecule has 6 unspecified atom stereocenters. The molecule has 64 heavy (non-hydrogen) atoms. The fourth-order valence-corrected chi connectivity index (χ4v) is 8.53. The minimum absolute atomic E-state index is 0.000219. The van der Waals surface area contributed by atoms with Crippen LogP contribution in [-0.4, -0.2) is 172 Å². The molecule has 4 saturated heterocycles. The van der Waals surface area contributed by atoms with Gasteiger partial charge in [0.2, 0.25) is 35.3 Å². The number of anilines is 1. The summed E-state index contributed by atoms with van der Waals surface area (Å²) in [5.74, 6) is -5.92. The van der Waals surface area contributed by atoms with Crippen molar-refractivity contribution in [3.8, 4) is 5.75 Å².